The molecule has 0 bridgehead atoms. The standard InChI is InChI=1S/C13H13N3O2/c1-16-6-5-14-13(16)15-12(17)10-2-3-11-9(8-10)4-7-18-11/h2-3,5-6,8H,4,7H2,1H3,(H,14,15,17). The lowest BCUT2D eigenvalue weighted by Gasteiger charge is -2.06. The fraction of sp³-hybridized carbons (Fsp3) is 0.231. The Morgan fingerprint density at radius 1 is 1.50 bits per heavy atom. The van der Waals surface area contributed by atoms with E-state index >= 15 is 0 Å². The number of aromatic nitrogens is 2. The minimum Gasteiger partial charge on any atom is -0.493 e. The highest BCUT2D eigenvalue weighted by Crippen LogP contribution is 2.26. The van der Waals surface area contributed by atoms with E-state index in [1.54, 1.807) is 23.0 Å². The van der Waals surface area contributed by atoms with Gasteiger partial charge in [-0.25, -0.2) is 4.98 Å². The van der Waals surface area contributed by atoms with Crippen LogP contribution < -0.4 is 10.1 Å². The molecule has 1 aliphatic heterocycles. The Morgan fingerprint density at radius 2 is 2.39 bits per heavy atom. The predicted molar refractivity (Wildman–Crippen MR) is 66.8 cm³/mol. The molecule has 1 aromatic carbocycles. The van der Waals surface area contributed by atoms with Gasteiger partial charge in [-0.1, -0.05) is 0 Å². The number of nitrogens with one attached hydrogen (secondary N) is 1. The molecule has 2 heterocycles. The van der Waals surface area contributed by atoms with Gasteiger partial charge in [0.25, 0.3) is 5.91 Å². The minimum atomic E-state index is -0.154. The smallest absolute Gasteiger partial charge is 0.257 e. The number of rotatable bonds is 2. The fourth-order valence-electron chi connectivity index (χ4n) is 1.99. The number of ether oxygens (including phenoxy) is 1. The van der Waals surface area contributed by atoms with Crippen LogP contribution >= 0.6 is 0 Å². The molecule has 1 N–H and O–H groups in total. The van der Waals surface area contributed by atoms with Crippen molar-refractivity contribution in [2.45, 2.75) is 6.42 Å². The van der Waals surface area contributed by atoms with E-state index < -0.39 is 0 Å². The van der Waals surface area contributed by atoms with E-state index in [0.29, 0.717) is 18.1 Å². The molecular weight excluding hydrogens is 230 g/mol. The summed E-state index contributed by atoms with van der Waals surface area (Å²) < 4.78 is 7.17. The largest absolute Gasteiger partial charge is 0.493 e. The summed E-state index contributed by atoms with van der Waals surface area (Å²) >= 11 is 0. The number of nitrogens with zero attached hydrogens (tertiary/aromatic N) is 2. The summed E-state index contributed by atoms with van der Waals surface area (Å²) in [5, 5.41) is 2.77. The Bertz CT molecular complexity index is 604. The average Bonchev–Trinajstić information content (AvgIpc) is 2.98. The number of anilines is 1. The Morgan fingerprint density at radius 3 is 3.17 bits per heavy atom. The van der Waals surface area contributed by atoms with Crippen LogP contribution in [0.4, 0.5) is 5.95 Å². The predicted octanol–water partition coefficient (Wildman–Crippen LogP) is 1.61. The number of benzene rings is 1. The molecule has 1 amide bonds. The van der Waals surface area contributed by atoms with Gasteiger partial charge in [0.05, 0.1) is 6.61 Å². The molecule has 0 aliphatic carbocycles. The first-order valence-corrected chi connectivity index (χ1v) is 5.78. The SMILES string of the molecule is Cn1ccnc1NC(=O)c1ccc2c(c1)CCO2. The minimum absolute atomic E-state index is 0.154. The van der Waals surface area contributed by atoms with E-state index in [9.17, 15) is 4.79 Å². The normalized spacial score (nSPS) is 12.9. The van der Waals surface area contributed by atoms with Crippen LogP contribution in [0.3, 0.4) is 0 Å². The zero-order valence-electron chi connectivity index (χ0n) is 10.0. The molecule has 0 atom stereocenters. The number of carbonyl (C=O) groups excluding carboxylic acids is 1. The van der Waals surface area contributed by atoms with Gasteiger partial charge in [0.15, 0.2) is 0 Å². The van der Waals surface area contributed by atoms with Crippen molar-refractivity contribution in [2.24, 2.45) is 7.05 Å². The van der Waals surface area contributed by atoms with Gasteiger partial charge in [-0.2, -0.15) is 0 Å². The zero-order chi connectivity index (χ0) is 12.5. The highest BCUT2D eigenvalue weighted by molar-refractivity contribution is 6.03. The van der Waals surface area contributed by atoms with Gasteiger partial charge in [0.1, 0.15) is 5.75 Å². The van der Waals surface area contributed by atoms with E-state index in [4.69, 9.17) is 4.74 Å². The Hall–Kier alpha value is -2.30. The molecule has 0 saturated heterocycles. The molecule has 0 saturated carbocycles. The van der Waals surface area contributed by atoms with E-state index in [2.05, 4.69) is 10.3 Å². The first-order chi connectivity index (χ1) is 8.74. The van der Waals surface area contributed by atoms with Crippen molar-refractivity contribution in [2.75, 3.05) is 11.9 Å². The Labute approximate surface area is 104 Å². The van der Waals surface area contributed by atoms with Crippen LogP contribution in [0.2, 0.25) is 0 Å². The maximum atomic E-state index is 12.1. The second-order valence-corrected chi connectivity index (χ2v) is 4.24. The molecule has 0 fully saturated rings. The molecule has 5 nitrogen and oxygen atoms in total. The van der Waals surface area contributed by atoms with Crippen LogP contribution in [0.1, 0.15) is 15.9 Å². The summed E-state index contributed by atoms with van der Waals surface area (Å²) in [5.74, 6) is 1.26. The van der Waals surface area contributed by atoms with Crippen molar-refractivity contribution < 1.29 is 9.53 Å². The fourth-order valence-corrected chi connectivity index (χ4v) is 1.99. The Kier molecular flexibility index (Phi) is 2.51. The van der Waals surface area contributed by atoms with Crippen molar-refractivity contribution in [3.8, 4) is 5.75 Å². The maximum Gasteiger partial charge on any atom is 0.257 e. The van der Waals surface area contributed by atoms with Gasteiger partial charge in [-0.05, 0) is 23.8 Å². The number of amides is 1. The van der Waals surface area contributed by atoms with Crippen molar-refractivity contribution in [1.29, 1.82) is 0 Å². The molecule has 18 heavy (non-hydrogen) atoms. The third kappa shape index (κ3) is 1.84. The number of hydrogen-bond donors (Lipinski definition) is 1. The van der Waals surface area contributed by atoms with E-state index in [1.165, 1.54) is 0 Å². The second-order valence-electron chi connectivity index (χ2n) is 4.24. The molecule has 1 aromatic heterocycles. The van der Waals surface area contributed by atoms with E-state index in [1.807, 2.05) is 19.2 Å². The first-order valence-electron chi connectivity index (χ1n) is 5.78. The summed E-state index contributed by atoms with van der Waals surface area (Å²) in [6.07, 6.45) is 4.29. The Balaban J connectivity index is 1.83. The topological polar surface area (TPSA) is 56.2 Å². The van der Waals surface area contributed by atoms with Crippen LogP contribution in [0.15, 0.2) is 30.6 Å². The van der Waals surface area contributed by atoms with Gasteiger partial charge in [0.2, 0.25) is 5.95 Å². The molecule has 1 aliphatic rings. The van der Waals surface area contributed by atoms with Crippen LogP contribution in [-0.2, 0) is 13.5 Å². The molecule has 92 valence electrons. The van der Waals surface area contributed by atoms with Gasteiger partial charge >= 0.3 is 0 Å². The summed E-state index contributed by atoms with van der Waals surface area (Å²) in [4.78, 5) is 16.1. The van der Waals surface area contributed by atoms with Crippen LogP contribution in [-0.4, -0.2) is 22.1 Å². The van der Waals surface area contributed by atoms with Gasteiger partial charge in [-0.15, -0.1) is 0 Å². The van der Waals surface area contributed by atoms with Gasteiger partial charge in [-0.3, -0.25) is 10.1 Å². The van der Waals surface area contributed by atoms with Crippen molar-refractivity contribution in [3.05, 3.63) is 41.7 Å². The lowest BCUT2D eigenvalue weighted by molar-refractivity contribution is 0.102. The summed E-state index contributed by atoms with van der Waals surface area (Å²) in [5.41, 5.74) is 1.71. The van der Waals surface area contributed by atoms with Gasteiger partial charge < -0.3 is 9.30 Å². The third-order valence-corrected chi connectivity index (χ3v) is 3.00. The van der Waals surface area contributed by atoms with Crippen molar-refractivity contribution >= 4 is 11.9 Å². The maximum absolute atomic E-state index is 12.1. The first kappa shape index (κ1) is 10.8. The highest BCUT2D eigenvalue weighted by atomic mass is 16.5. The summed E-state index contributed by atoms with van der Waals surface area (Å²) in [6.45, 7) is 0.694. The monoisotopic (exact) mass is 243 g/mol. The molecule has 2 aromatic rings. The molecular formula is C13H13N3O2. The number of fused-ring (bicyclic) bond motifs is 1. The number of aryl methyl sites for hydroxylation is 1. The molecule has 0 spiro atoms. The molecule has 0 unspecified atom stereocenters. The van der Waals surface area contributed by atoms with Crippen molar-refractivity contribution in [1.82, 2.24) is 9.55 Å². The van der Waals surface area contributed by atoms with E-state index in [-0.39, 0.29) is 5.91 Å². The van der Waals surface area contributed by atoms with Crippen LogP contribution in [0, 0.1) is 0 Å². The number of carbonyl (C=O) groups is 1. The van der Waals surface area contributed by atoms with Crippen LogP contribution in [0.5, 0.6) is 5.75 Å². The van der Waals surface area contributed by atoms with Gasteiger partial charge in [0, 0.05) is 31.4 Å². The molecule has 0 radical (unpaired) electrons. The average molecular weight is 243 g/mol. The van der Waals surface area contributed by atoms with E-state index in [0.717, 1.165) is 17.7 Å². The number of hydrogen-bond acceptors (Lipinski definition) is 3. The molecule has 3 rings (SSSR count). The van der Waals surface area contributed by atoms with Crippen LogP contribution in [0.25, 0.3) is 0 Å². The lowest BCUT2D eigenvalue weighted by atomic mass is 10.1. The third-order valence-electron chi connectivity index (χ3n) is 3.00. The highest BCUT2D eigenvalue weighted by Gasteiger charge is 2.15. The second kappa shape index (κ2) is 4.18. The molecule has 5 heteroatoms. The zero-order valence-corrected chi connectivity index (χ0v) is 10.0. The quantitative estimate of drug-likeness (QED) is 0.871. The van der Waals surface area contributed by atoms with Crippen molar-refractivity contribution in [3.63, 3.8) is 0 Å². The summed E-state index contributed by atoms with van der Waals surface area (Å²) in [6, 6.07) is 5.48. The lowest BCUT2D eigenvalue weighted by Crippen LogP contribution is -2.15. The number of imidazole rings is 1. The summed E-state index contributed by atoms with van der Waals surface area (Å²) in [7, 11) is 1.83.